The Morgan fingerprint density at radius 1 is 1.27 bits per heavy atom. The molecule has 1 nitrogen and oxygen atoms in total. The molecule has 0 aromatic heterocycles. The van der Waals surface area contributed by atoms with Crippen molar-refractivity contribution in [3.63, 3.8) is 0 Å². The summed E-state index contributed by atoms with van der Waals surface area (Å²) in [6.45, 7) is 7.08. The minimum atomic E-state index is 0.798. The Labute approximate surface area is 96.0 Å². The first-order chi connectivity index (χ1) is 7.19. The van der Waals surface area contributed by atoms with E-state index in [0.29, 0.717) is 0 Å². The summed E-state index contributed by atoms with van der Waals surface area (Å²) in [5.74, 6) is 2.81. The van der Waals surface area contributed by atoms with E-state index >= 15 is 0 Å². The van der Waals surface area contributed by atoms with Crippen LogP contribution in [0.4, 0.5) is 0 Å². The van der Waals surface area contributed by atoms with Crippen LogP contribution in [-0.4, -0.2) is 13.1 Å². The number of hydrogen-bond acceptors (Lipinski definition) is 1. The van der Waals surface area contributed by atoms with E-state index in [-0.39, 0.29) is 0 Å². The van der Waals surface area contributed by atoms with Crippen LogP contribution in [0.1, 0.15) is 59.3 Å². The van der Waals surface area contributed by atoms with Gasteiger partial charge in [-0.25, -0.2) is 0 Å². The van der Waals surface area contributed by atoms with Gasteiger partial charge in [-0.3, -0.25) is 0 Å². The largest absolute Gasteiger partial charge is 0.317 e. The fraction of sp³-hybridized carbons (Fsp3) is 1.00. The van der Waals surface area contributed by atoms with E-state index < -0.39 is 0 Å². The zero-order valence-electron chi connectivity index (χ0n) is 11.1. The first-order valence-corrected chi connectivity index (χ1v) is 6.86. The summed E-state index contributed by atoms with van der Waals surface area (Å²) < 4.78 is 0. The van der Waals surface area contributed by atoms with Crippen LogP contribution < -0.4 is 5.32 Å². The lowest BCUT2D eigenvalue weighted by atomic mass is 9.72. The van der Waals surface area contributed by atoms with E-state index in [4.69, 9.17) is 0 Å². The molecule has 15 heavy (non-hydrogen) atoms. The van der Waals surface area contributed by atoms with E-state index in [1.165, 1.54) is 38.5 Å². The van der Waals surface area contributed by atoms with Crippen LogP contribution in [0.2, 0.25) is 0 Å². The molecule has 90 valence electrons. The molecule has 0 radical (unpaired) electrons. The maximum absolute atomic E-state index is 3.52. The summed E-state index contributed by atoms with van der Waals surface area (Å²) in [6.07, 6.45) is 8.49. The molecule has 0 aliphatic heterocycles. The molecule has 3 unspecified atom stereocenters. The van der Waals surface area contributed by atoms with Gasteiger partial charge in [0, 0.05) is 6.04 Å². The molecule has 0 bridgehead atoms. The third-order valence-corrected chi connectivity index (χ3v) is 4.27. The van der Waals surface area contributed by atoms with Crippen molar-refractivity contribution < 1.29 is 0 Å². The third kappa shape index (κ3) is 3.79. The van der Waals surface area contributed by atoms with Gasteiger partial charge in [0.05, 0.1) is 0 Å². The van der Waals surface area contributed by atoms with Crippen molar-refractivity contribution in [2.45, 2.75) is 65.3 Å². The van der Waals surface area contributed by atoms with Crippen LogP contribution in [0.15, 0.2) is 0 Å². The van der Waals surface area contributed by atoms with E-state index in [1.807, 2.05) is 0 Å². The summed E-state index contributed by atoms with van der Waals surface area (Å²) >= 11 is 0. The van der Waals surface area contributed by atoms with Gasteiger partial charge in [-0.15, -0.1) is 0 Å². The zero-order chi connectivity index (χ0) is 11.3. The van der Waals surface area contributed by atoms with Gasteiger partial charge in [-0.1, -0.05) is 33.6 Å². The highest BCUT2D eigenvalue weighted by molar-refractivity contribution is 4.84. The van der Waals surface area contributed by atoms with Crippen LogP contribution in [0.25, 0.3) is 0 Å². The lowest BCUT2D eigenvalue weighted by Crippen LogP contribution is -2.39. The monoisotopic (exact) mass is 211 g/mol. The normalized spacial score (nSPS) is 32.2. The van der Waals surface area contributed by atoms with Gasteiger partial charge in [0.1, 0.15) is 0 Å². The number of nitrogens with one attached hydrogen (secondary N) is 1. The van der Waals surface area contributed by atoms with E-state index in [9.17, 15) is 0 Å². The molecule has 1 fully saturated rings. The van der Waals surface area contributed by atoms with Crippen molar-refractivity contribution in [1.29, 1.82) is 0 Å². The first-order valence-electron chi connectivity index (χ1n) is 6.86. The van der Waals surface area contributed by atoms with Gasteiger partial charge < -0.3 is 5.32 Å². The van der Waals surface area contributed by atoms with Crippen LogP contribution in [0.5, 0.6) is 0 Å². The Morgan fingerprint density at radius 3 is 2.53 bits per heavy atom. The summed E-state index contributed by atoms with van der Waals surface area (Å²) in [7, 11) is 2.14. The van der Waals surface area contributed by atoms with Crippen molar-refractivity contribution in [3.8, 4) is 0 Å². The molecule has 1 aliphatic carbocycles. The van der Waals surface area contributed by atoms with Gasteiger partial charge in [0.15, 0.2) is 0 Å². The molecule has 1 aliphatic rings. The topological polar surface area (TPSA) is 12.0 Å². The molecule has 3 atom stereocenters. The van der Waals surface area contributed by atoms with Crippen LogP contribution in [-0.2, 0) is 0 Å². The molecular weight excluding hydrogens is 182 g/mol. The second-order valence-corrected chi connectivity index (χ2v) is 5.61. The number of rotatable bonds is 5. The molecule has 1 rings (SSSR count). The minimum Gasteiger partial charge on any atom is -0.317 e. The third-order valence-electron chi connectivity index (χ3n) is 4.27. The lowest BCUT2D eigenvalue weighted by molar-refractivity contribution is 0.164. The summed E-state index contributed by atoms with van der Waals surface area (Å²) in [6, 6.07) is 0.798. The molecule has 0 aromatic carbocycles. The molecule has 0 aromatic rings. The van der Waals surface area contributed by atoms with Gasteiger partial charge in [0.2, 0.25) is 0 Å². The molecule has 1 heteroatoms. The summed E-state index contributed by atoms with van der Waals surface area (Å²) in [5, 5.41) is 3.52. The second-order valence-electron chi connectivity index (χ2n) is 5.61. The Bertz CT molecular complexity index is 165. The fourth-order valence-electron chi connectivity index (χ4n) is 3.07. The Kier molecular flexibility index (Phi) is 5.66. The number of unbranched alkanes of at least 4 members (excludes halogenated alkanes) is 1. The van der Waals surface area contributed by atoms with E-state index in [0.717, 1.165) is 23.8 Å². The van der Waals surface area contributed by atoms with Crippen LogP contribution in [0, 0.1) is 17.8 Å². The first kappa shape index (κ1) is 13.0. The maximum atomic E-state index is 3.52. The lowest BCUT2D eigenvalue weighted by Gasteiger charge is -2.38. The van der Waals surface area contributed by atoms with Crippen molar-refractivity contribution in [2.24, 2.45) is 17.8 Å². The molecular formula is C14H29N. The average molecular weight is 211 g/mol. The molecule has 0 heterocycles. The molecule has 0 amide bonds. The quantitative estimate of drug-likeness (QED) is 0.728. The van der Waals surface area contributed by atoms with Crippen LogP contribution >= 0.6 is 0 Å². The highest BCUT2D eigenvalue weighted by atomic mass is 14.9. The van der Waals surface area contributed by atoms with Crippen LogP contribution in [0.3, 0.4) is 0 Å². The molecule has 1 N–H and O–H groups in total. The molecule has 1 saturated carbocycles. The Balaban J connectivity index is 2.45. The second kappa shape index (κ2) is 6.52. The Morgan fingerprint density at radius 2 is 2.00 bits per heavy atom. The van der Waals surface area contributed by atoms with Crippen molar-refractivity contribution in [1.82, 2.24) is 5.32 Å². The maximum Gasteiger partial charge on any atom is 0.00925 e. The average Bonchev–Trinajstić information content (AvgIpc) is 2.25. The number of hydrogen-bond donors (Lipinski definition) is 1. The Hall–Kier alpha value is -0.0400. The van der Waals surface area contributed by atoms with Crippen molar-refractivity contribution in [3.05, 3.63) is 0 Å². The molecule has 0 spiro atoms. The molecule has 0 saturated heterocycles. The van der Waals surface area contributed by atoms with E-state index in [1.54, 1.807) is 0 Å². The van der Waals surface area contributed by atoms with Crippen molar-refractivity contribution in [2.75, 3.05) is 7.05 Å². The standard InChI is InChI=1S/C14H29N/c1-5-6-7-13-10-12(11(2)3)8-9-14(13)15-4/h11-15H,5-10H2,1-4H3. The summed E-state index contributed by atoms with van der Waals surface area (Å²) in [5.41, 5.74) is 0. The SMILES string of the molecule is CCCCC1CC(C(C)C)CCC1NC. The van der Waals surface area contributed by atoms with E-state index in [2.05, 4.69) is 33.1 Å². The predicted octanol–water partition coefficient (Wildman–Crippen LogP) is 3.84. The summed E-state index contributed by atoms with van der Waals surface area (Å²) in [4.78, 5) is 0. The predicted molar refractivity (Wildman–Crippen MR) is 68.0 cm³/mol. The zero-order valence-corrected chi connectivity index (χ0v) is 11.1. The van der Waals surface area contributed by atoms with Gasteiger partial charge in [-0.2, -0.15) is 0 Å². The minimum absolute atomic E-state index is 0.798. The van der Waals surface area contributed by atoms with Gasteiger partial charge >= 0.3 is 0 Å². The highest BCUT2D eigenvalue weighted by Gasteiger charge is 2.30. The highest BCUT2D eigenvalue weighted by Crippen LogP contribution is 2.36. The van der Waals surface area contributed by atoms with Crippen molar-refractivity contribution >= 4 is 0 Å². The van der Waals surface area contributed by atoms with Gasteiger partial charge in [0.25, 0.3) is 0 Å². The smallest absolute Gasteiger partial charge is 0.00925 e. The fourth-order valence-corrected chi connectivity index (χ4v) is 3.07. The van der Waals surface area contributed by atoms with Gasteiger partial charge in [-0.05, 0) is 50.5 Å².